The van der Waals surface area contributed by atoms with Crippen LogP contribution < -0.4 is 10.3 Å². The number of benzene rings is 3. The number of halogens is 1. The third-order valence-electron chi connectivity index (χ3n) is 4.41. The number of para-hydroxylation sites is 1. The summed E-state index contributed by atoms with van der Waals surface area (Å²) in [7, 11) is 1.56. The quantitative estimate of drug-likeness (QED) is 0.481. The molecule has 0 saturated heterocycles. The van der Waals surface area contributed by atoms with E-state index >= 15 is 0 Å². The topological polar surface area (TPSA) is 44.1 Å². The van der Waals surface area contributed by atoms with E-state index in [-0.39, 0.29) is 5.56 Å². The van der Waals surface area contributed by atoms with Crippen LogP contribution in [0.1, 0.15) is 11.4 Å². The highest BCUT2D eigenvalue weighted by Gasteiger charge is 2.15. The number of rotatable bonds is 4. The molecule has 4 aromatic rings. The van der Waals surface area contributed by atoms with Gasteiger partial charge in [-0.1, -0.05) is 60.1 Å². The Morgan fingerprint density at radius 2 is 1.71 bits per heavy atom. The summed E-state index contributed by atoms with van der Waals surface area (Å²) in [5.74, 6) is 1.03. The molecule has 0 aliphatic rings. The monoisotopic (exact) mass is 388 g/mol. The van der Waals surface area contributed by atoms with Crippen molar-refractivity contribution < 1.29 is 4.74 Å². The smallest absolute Gasteiger partial charge is 0.266 e. The summed E-state index contributed by atoms with van der Waals surface area (Å²) in [6.45, 7) is 0. The number of nitrogens with zero attached hydrogens (tertiary/aromatic N) is 2. The zero-order chi connectivity index (χ0) is 19.5. The van der Waals surface area contributed by atoms with Crippen LogP contribution in [0.3, 0.4) is 0 Å². The lowest BCUT2D eigenvalue weighted by atomic mass is 10.2. The van der Waals surface area contributed by atoms with Crippen LogP contribution in [-0.4, -0.2) is 16.7 Å². The minimum atomic E-state index is -0.182. The van der Waals surface area contributed by atoms with Crippen molar-refractivity contribution in [3.05, 3.63) is 99.6 Å². The van der Waals surface area contributed by atoms with Crippen LogP contribution in [-0.2, 0) is 0 Å². The van der Waals surface area contributed by atoms with Crippen LogP contribution in [0.4, 0.5) is 0 Å². The predicted octanol–water partition coefficient (Wildman–Crippen LogP) is 5.22. The second kappa shape index (κ2) is 7.71. The van der Waals surface area contributed by atoms with E-state index in [0.29, 0.717) is 33.2 Å². The molecule has 3 aromatic carbocycles. The Hall–Kier alpha value is -3.37. The highest BCUT2D eigenvalue weighted by molar-refractivity contribution is 6.30. The average Bonchev–Trinajstić information content (AvgIpc) is 2.73. The fourth-order valence-electron chi connectivity index (χ4n) is 3.07. The summed E-state index contributed by atoms with van der Waals surface area (Å²) in [5.41, 5.74) is 2.01. The van der Waals surface area contributed by atoms with Crippen molar-refractivity contribution in [3.8, 4) is 11.4 Å². The first-order chi connectivity index (χ1) is 13.7. The van der Waals surface area contributed by atoms with Crippen molar-refractivity contribution in [2.75, 3.05) is 7.11 Å². The van der Waals surface area contributed by atoms with Crippen LogP contribution in [0.2, 0.25) is 5.02 Å². The van der Waals surface area contributed by atoms with E-state index in [0.717, 1.165) is 5.56 Å². The Bertz CT molecular complexity index is 1230. The fourth-order valence-corrected chi connectivity index (χ4v) is 3.23. The van der Waals surface area contributed by atoms with Crippen molar-refractivity contribution in [2.24, 2.45) is 0 Å². The first kappa shape index (κ1) is 18.0. The minimum absolute atomic E-state index is 0.182. The van der Waals surface area contributed by atoms with E-state index in [2.05, 4.69) is 0 Å². The maximum absolute atomic E-state index is 13.3. The molecule has 0 amide bonds. The summed E-state index contributed by atoms with van der Waals surface area (Å²) in [5, 5.41) is 1.04. The highest BCUT2D eigenvalue weighted by Crippen LogP contribution is 2.27. The standard InChI is InChI=1S/C23H17ClN2O2/c1-28-21-13-12-17(24)15-20(21)26-22(14-11-16-7-3-2-4-8-16)25-19-10-6-5-9-18(19)23(26)27/h2-15H,1H3/b14-11+. The van der Waals surface area contributed by atoms with E-state index in [1.165, 1.54) is 4.57 Å². The Morgan fingerprint density at radius 1 is 0.964 bits per heavy atom. The van der Waals surface area contributed by atoms with E-state index in [4.69, 9.17) is 21.3 Å². The third-order valence-corrected chi connectivity index (χ3v) is 4.64. The van der Waals surface area contributed by atoms with Crippen LogP contribution in [0, 0.1) is 0 Å². The molecule has 0 saturated carbocycles. The number of hydrogen-bond acceptors (Lipinski definition) is 3. The zero-order valence-corrected chi connectivity index (χ0v) is 15.9. The van der Waals surface area contributed by atoms with E-state index in [1.54, 1.807) is 31.4 Å². The molecule has 0 atom stereocenters. The maximum Gasteiger partial charge on any atom is 0.266 e. The van der Waals surface area contributed by atoms with E-state index in [1.807, 2.05) is 60.7 Å². The van der Waals surface area contributed by atoms with Gasteiger partial charge in [0.2, 0.25) is 0 Å². The Labute approximate surface area is 167 Å². The molecule has 0 aliphatic carbocycles. The van der Waals surface area contributed by atoms with Crippen molar-refractivity contribution in [1.82, 2.24) is 9.55 Å². The molecule has 0 fully saturated rings. The van der Waals surface area contributed by atoms with Gasteiger partial charge in [0.15, 0.2) is 0 Å². The van der Waals surface area contributed by atoms with Gasteiger partial charge >= 0.3 is 0 Å². The molecule has 0 N–H and O–H groups in total. The van der Waals surface area contributed by atoms with E-state index < -0.39 is 0 Å². The zero-order valence-electron chi connectivity index (χ0n) is 15.2. The van der Waals surface area contributed by atoms with Crippen LogP contribution >= 0.6 is 11.6 Å². The van der Waals surface area contributed by atoms with Gasteiger partial charge in [-0.15, -0.1) is 0 Å². The molecule has 0 bridgehead atoms. The number of aromatic nitrogens is 2. The molecule has 138 valence electrons. The summed E-state index contributed by atoms with van der Waals surface area (Å²) in [6, 6.07) is 22.3. The normalized spacial score (nSPS) is 11.2. The van der Waals surface area contributed by atoms with Crippen LogP contribution in [0.25, 0.3) is 28.7 Å². The van der Waals surface area contributed by atoms with Gasteiger partial charge < -0.3 is 4.74 Å². The van der Waals surface area contributed by atoms with Gasteiger partial charge in [0.1, 0.15) is 11.6 Å². The third kappa shape index (κ3) is 3.42. The summed E-state index contributed by atoms with van der Waals surface area (Å²) in [6.07, 6.45) is 3.74. The molecule has 5 heteroatoms. The molecule has 4 rings (SSSR count). The van der Waals surface area contributed by atoms with Gasteiger partial charge in [0.25, 0.3) is 5.56 Å². The average molecular weight is 389 g/mol. The molecule has 4 nitrogen and oxygen atoms in total. The van der Waals surface area contributed by atoms with Gasteiger partial charge in [-0.05, 0) is 42.0 Å². The maximum atomic E-state index is 13.3. The summed E-state index contributed by atoms with van der Waals surface area (Å²) >= 11 is 6.21. The Balaban J connectivity index is 2.01. The lowest BCUT2D eigenvalue weighted by molar-refractivity contribution is 0.412. The van der Waals surface area contributed by atoms with Crippen molar-refractivity contribution >= 4 is 34.7 Å². The molecule has 1 aromatic heterocycles. The molecule has 0 spiro atoms. The molecule has 0 unspecified atom stereocenters. The highest BCUT2D eigenvalue weighted by atomic mass is 35.5. The van der Waals surface area contributed by atoms with Crippen molar-refractivity contribution in [2.45, 2.75) is 0 Å². The number of methoxy groups -OCH3 is 1. The lowest BCUT2D eigenvalue weighted by Crippen LogP contribution is -2.22. The fraction of sp³-hybridized carbons (Fsp3) is 0.0435. The van der Waals surface area contributed by atoms with Crippen LogP contribution in [0.15, 0.2) is 77.6 Å². The Morgan fingerprint density at radius 3 is 2.50 bits per heavy atom. The number of hydrogen-bond donors (Lipinski definition) is 0. The predicted molar refractivity (Wildman–Crippen MR) is 114 cm³/mol. The summed E-state index contributed by atoms with van der Waals surface area (Å²) in [4.78, 5) is 18.0. The van der Waals surface area contributed by atoms with Gasteiger partial charge in [-0.25, -0.2) is 4.98 Å². The molecule has 28 heavy (non-hydrogen) atoms. The minimum Gasteiger partial charge on any atom is -0.495 e. The first-order valence-electron chi connectivity index (χ1n) is 8.76. The molecular weight excluding hydrogens is 372 g/mol. The first-order valence-corrected chi connectivity index (χ1v) is 9.14. The van der Waals surface area contributed by atoms with Crippen LogP contribution in [0.5, 0.6) is 5.75 Å². The number of fused-ring (bicyclic) bond motifs is 1. The van der Waals surface area contributed by atoms with Gasteiger partial charge in [0, 0.05) is 5.02 Å². The van der Waals surface area contributed by atoms with Crippen molar-refractivity contribution in [3.63, 3.8) is 0 Å². The van der Waals surface area contributed by atoms with Crippen molar-refractivity contribution in [1.29, 1.82) is 0 Å². The largest absolute Gasteiger partial charge is 0.495 e. The van der Waals surface area contributed by atoms with E-state index in [9.17, 15) is 4.79 Å². The molecule has 1 heterocycles. The van der Waals surface area contributed by atoms with Gasteiger partial charge in [0.05, 0.1) is 23.7 Å². The summed E-state index contributed by atoms with van der Waals surface area (Å²) < 4.78 is 7.00. The second-order valence-corrected chi connectivity index (χ2v) is 6.62. The molecule has 0 radical (unpaired) electrons. The van der Waals surface area contributed by atoms with Gasteiger partial charge in [-0.3, -0.25) is 9.36 Å². The second-order valence-electron chi connectivity index (χ2n) is 6.19. The molecule has 0 aliphatic heterocycles. The SMILES string of the molecule is COc1ccc(Cl)cc1-n1c(/C=C/c2ccccc2)nc2ccccc2c1=O. The van der Waals surface area contributed by atoms with Gasteiger partial charge in [-0.2, -0.15) is 0 Å². The molecular formula is C23H17ClN2O2. The lowest BCUT2D eigenvalue weighted by Gasteiger charge is -2.15. The number of ether oxygens (including phenoxy) is 1. The Kier molecular flexibility index (Phi) is 4.96.